The summed E-state index contributed by atoms with van der Waals surface area (Å²) in [6.07, 6.45) is 0. The third-order valence-corrected chi connectivity index (χ3v) is 22.7. The molecule has 0 N–H and O–H groups in total. The van der Waals surface area contributed by atoms with Gasteiger partial charge in [0.05, 0.1) is 33.1 Å². The molecule has 0 bridgehead atoms. The maximum atomic E-state index is 5.56. The predicted octanol–water partition coefficient (Wildman–Crippen LogP) is 25.7. The van der Waals surface area contributed by atoms with Crippen molar-refractivity contribution < 1.29 is 0 Å². The third kappa shape index (κ3) is 9.07. The van der Waals surface area contributed by atoms with Gasteiger partial charge in [-0.1, -0.05) is 291 Å². The summed E-state index contributed by atoms with van der Waals surface area (Å²) in [6.45, 7) is 0. The van der Waals surface area contributed by atoms with Gasteiger partial charge in [0.2, 0.25) is 0 Å². The molecule has 105 heavy (non-hydrogen) atoms. The Hall–Kier alpha value is -13.8. The Labute approximate surface area is 607 Å². The third-order valence-electron chi connectivity index (χ3n) is 21.5. The van der Waals surface area contributed by atoms with Crippen molar-refractivity contribution in [2.45, 2.75) is 0 Å². The summed E-state index contributed by atoms with van der Waals surface area (Å²) in [6, 6.07) is 124. The Morgan fingerprint density at radius 3 is 1.27 bits per heavy atom. The maximum absolute atomic E-state index is 5.56. The topological polar surface area (TPSA) is 74.3 Å². The van der Waals surface area contributed by atoms with E-state index >= 15 is 0 Å². The van der Waals surface area contributed by atoms with Crippen LogP contribution in [0.5, 0.6) is 0 Å². The summed E-state index contributed by atoms with van der Waals surface area (Å²) in [5.74, 6) is 2.77. The van der Waals surface area contributed by atoms with Crippen molar-refractivity contribution in [2.24, 2.45) is 0 Å². The van der Waals surface area contributed by atoms with Crippen LogP contribution in [0.4, 0.5) is 0 Å². The van der Waals surface area contributed by atoms with Crippen molar-refractivity contribution in [1.29, 1.82) is 0 Å². The van der Waals surface area contributed by atoms with Crippen LogP contribution in [0.2, 0.25) is 0 Å². The molecule has 0 spiro atoms. The van der Waals surface area contributed by atoms with Gasteiger partial charge < -0.3 is 4.57 Å². The molecule has 0 saturated heterocycles. The maximum Gasteiger partial charge on any atom is 0.165 e. The molecule has 21 aromatic rings. The minimum atomic E-state index is 0.635. The molecule has 0 amide bonds. The highest BCUT2D eigenvalue weighted by Gasteiger charge is 2.31. The fourth-order valence-corrected chi connectivity index (χ4v) is 18.2. The van der Waals surface area contributed by atoms with Gasteiger partial charge in [-0.15, -0.1) is 11.3 Å². The van der Waals surface area contributed by atoms with E-state index in [9.17, 15) is 0 Å². The first-order chi connectivity index (χ1) is 52.1. The zero-order chi connectivity index (χ0) is 68.8. The standard InChI is InChI=1S/C49H30N4.C48H27N3S/c1-4-14-31(15-5-1)36-26-27-41-38-23-11-10-22-37(38)39-24-13-25-42-45(39)46-43(29-28-40(36)44(41)46)53(42)35-21-12-20-34(30-35)49-51-47(32-16-6-2-7-17-32)50-48(52-49)33-18-8-3-9-19-33;1-2-13-28(14-3-1)37-27-41-45-43-32(18-10-19-34(37)43)29-15-4-5-16-30(29)33-20-12-25-40(44(33)45)51(41)48-46(49-38-23-7-8-24-39(38)50-48)36-22-11-21-35-31-17-6-9-26-42(31)52-47(35)36/h1-30H;1-27H. The van der Waals surface area contributed by atoms with E-state index in [1.807, 2.05) is 72.0 Å². The molecule has 16 aromatic carbocycles. The summed E-state index contributed by atoms with van der Waals surface area (Å²) in [4.78, 5) is 26.1. The Bertz CT molecular complexity index is 7140. The van der Waals surface area contributed by atoms with Gasteiger partial charge in [0.15, 0.2) is 23.3 Å². The molecule has 0 radical (unpaired) electrons. The number of fused-ring (bicyclic) bond motifs is 10. The van der Waals surface area contributed by atoms with Crippen LogP contribution in [-0.2, 0) is 0 Å². The van der Waals surface area contributed by atoms with Gasteiger partial charge >= 0.3 is 0 Å². The van der Waals surface area contributed by atoms with E-state index < -0.39 is 0 Å². The normalized spacial score (nSPS) is 12.0. The minimum Gasteiger partial charge on any atom is -0.309 e. The van der Waals surface area contributed by atoms with Crippen molar-refractivity contribution in [3.05, 3.63) is 346 Å². The Balaban J connectivity index is 0.000000131. The van der Waals surface area contributed by atoms with Crippen molar-refractivity contribution in [3.63, 3.8) is 0 Å². The average molecular weight is 1350 g/mol. The number of nitrogens with zero attached hydrogens (tertiary/aromatic N) is 7. The van der Waals surface area contributed by atoms with E-state index in [4.69, 9.17) is 24.9 Å². The van der Waals surface area contributed by atoms with Gasteiger partial charge in [-0.05, 0) is 132 Å². The van der Waals surface area contributed by atoms with Crippen LogP contribution < -0.4 is 0 Å². The Morgan fingerprint density at radius 2 is 0.638 bits per heavy atom. The monoisotopic (exact) mass is 1350 g/mol. The Kier molecular flexibility index (Phi) is 13.1. The van der Waals surface area contributed by atoms with E-state index in [0.29, 0.717) is 17.5 Å². The molecule has 7 nitrogen and oxygen atoms in total. The van der Waals surface area contributed by atoms with Crippen LogP contribution in [-0.4, -0.2) is 34.1 Å². The number of aromatic nitrogens is 7. The number of benzene rings is 16. The van der Waals surface area contributed by atoms with Crippen LogP contribution in [0.3, 0.4) is 0 Å². The van der Waals surface area contributed by atoms with Crippen molar-refractivity contribution in [1.82, 2.24) is 34.1 Å². The number of hydrogen-bond acceptors (Lipinski definition) is 6. The number of hydrogen-bond donors (Lipinski definition) is 0. The van der Waals surface area contributed by atoms with Crippen molar-refractivity contribution in [3.8, 4) is 124 Å². The molecule has 5 aromatic heterocycles. The summed E-state index contributed by atoms with van der Waals surface area (Å²) in [7, 11) is 0. The lowest BCUT2D eigenvalue weighted by Crippen LogP contribution is -2.04. The lowest BCUT2D eigenvalue weighted by molar-refractivity contribution is 1.07. The highest BCUT2D eigenvalue weighted by molar-refractivity contribution is 7.26. The summed E-state index contributed by atoms with van der Waals surface area (Å²) >= 11 is 1.83. The van der Waals surface area contributed by atoms with E-state index in [0.717, 1.165) is 61.5 Å². The molecular formula is C97H57N7S. The molecule has 23 rings (SSSR count). The molecule has 0 fully saturated rings. The van der Waals surface area contributed by atoms with Crippen LogP contribution in [0, 0.1) is 0 Å². The fourth-order valence-electron chi connectivity index (χ4n) is 17.0. The lowest BCUT2D eigenvalue weighted by Gasteiger charge is -2.17. The lowest BCUT2D eigenvalue weighted by atomic mass is 9.90. The number of para-hydroxylation sites is 2. The van der Waals surface area contributed by atoms with E-state index in [-0.39, 0.29) is 0 Å². The summed E-state index contributed by atoms with van der Waals surface area (Å²) < 4.78 is 7.32. The molecule has 0 saturated carbocycles. The van der Waals surface area contributed by atoms with Crippen LogP contribution in [0.25, 0.3) is 220 Å². The smallest absolute Gasteiger partial charge is 0.165 e. The average Bonchev–Trinajstić information content (AvgIpc) is 1.54. The van der Waals surface area contributed by atoms with Gasteiger partial charge in [-0.25, -0.2) is 24.9 Å². The van der Waals surface area contributed by atoms with Crippen LogP contribution >= 0.6 is 11.3 Å². The first kappa shape index (κ1) is 59.0. The molecule has 0 unspecified atom stereocenters. The van der Waals surface area contributed by atoms with Crippen LogP contribution in [0.1, 0.15) is 0 Å². The summed E-state index contributed by atoms with van der Waals surface area (Å²) in [5.41, 5.74) is 27.1. The highest BCUT2D eigenvalue weighted by Crippen LogP contribution is 2.55. The van der Waals surface area contributed by atoms with Gasteiger partial charge in [-0.2, -0.15) is 0 Å². The molecule has 2 aliphatic carbocycles. The zero-order valence-electron chi connectivity index (χ0n) is 56.4. The second kappa shape index (κ2) is 23.4. The Morgan fingerprint density at radius 1 is 0.219 bits per heavy atom. The highest BCUT2D eigenvalue weighted by atomic mass is 32.1. The van der Waals surface area contributed by atoms with E-state index in [1.165, 1.54) is 141 Å². The molecule has 5 heterocycles. The molecule has 486 valence electrons. The van der Waals surface area contributed by atoms with Gasteiger partial charge in [0.25, 0.3) is 0 Å². The molecule has 0 aliphatic heterocycles. The van der Waals surface area contributed by atoms with Gasteiger partial charge in [-0.3, -0.25) is 4.57 Å². The number of rotatable bonds is 8. The fraction of sp³-hybridized carbons (Fsp3) is 0. The van der Waals surface area contributed by atoms with Gasteiger partial charge in [0.1, 0.15) is 5.69 Å². The van der Waals surface area contributed by atoms with Crippen molar-refractivity contribution >= 4 is 108 Å². The molecule has 8 heteroatoms. The summed E-state index contributed by atoms with van der Waals surface area (Å²) in [5, 5.41) is 12.7. The second-order valence-electron chi connectivity index (χ2n) is 27.2. The van der Waals surface area contributed by atoms with E-state index in [1.54, 1.807) is 0 Å². The SMILES string of the molecule is c1ccc(-c2cc3c4c5c(cccc25)-c2ccccc2-c2cccc(c24)n3-c2nc3ccccc3nc2-c2cccc3c2sc2ccccc23)cc1.c1ccc(-c2nc(-c3ccccc3)nc(-c3cccc(-n4c5cccc6c5c5c7c(ccc(-c8ccccc8)c7ccc54)-c4ccccc4-6)c3)n2)cc1. The quantitative estimate of drug-likeness (QED) is 0.152. The largest absolute Gasteiger partial charge is 0.309 e. The first-order valence-corrected chi connectivity index (χ1v) is 36.5. The zero-order valence-corrected chi connectivity index (χ0v) is 57.3. The molecular weight excluding hydrogens is 1300 g/mol. The first-order valence-electron chi connectivity index (χ1n) is 35.6. The molecule has 0 atom stereocenters. The predicted molar refractivity (Wildman–Crippen MR) is 437 cm³/mol. The second-order valence-corrected chi connectivity index (χ2v) is 28.3. The van der Waals surface area contributed by atoms with E-state index in [2.05, 4.69) is 294 Å². The van der Waals surface area contributed by atoms with Crippen molar-refractivity contribution in [2.75, 3.05) is 0 Å². The molecule has 2 aliphatic rings. The minimum absolute atomic E-state index is 0.635. The number of thiophene rings is 1. The van der Waals surface area contributed by atoms with Gasteiger partial charge in [0, 0.05) is 80.4 Å². The van der Waals surface area contributed by atoms with Crippen LogP contribution in [0.15, 0.2) is 346 Å².